The van der Waals surface area contributed by atoms with Crippen molar-refractivity contribution in [3.05, 3.63) is 48.7 Å². The van der Waals surface area contributed by atoms with Gasteiger partial charge >= 0.3 is 5.97 Å². The normalized spacial score (nSPS) is 24.3. The number of hydrogen-bond acceptors (Lipinski definition) is 5. The van der Waals surface area contributed by atoms with Gasteiger partial charge in [-0.25, -0.2) is 0 Å². The van der Waals surface area contributed by atoms with Crippen molar-refractivity contribution in [2.45, 2.75) is 83.3 Å². The number of aromatic nitrogens is 1. The van der Waals surface area contributed by atoms with Gasteiger partial charge in [0, 0.05) is 30.1 Å². The third-order valence-electron chi connectivity index (χ3n) is 8.04. The molecular weight excluding hydrogens is 436 g/mol. The van der Waals surface area contributed by atoms with Crippen LogP contribution in [0.4, 0.5) is 0 Å². The molecule has 0 saturated carbocycles. The molecule has 1 unspecified atom stereocenters. The maximum atomic E-state index is 13.1. The Labute approximate surface area is 210 Å². The van der Waals surface area contributed by atoms with Gasteiger partial charge in [-0.05, 0) is 61.9 Å². The third-order valence-corrected chi connectivity index (χ3v) is 8.04. The highest BCUT2D eigenvalue weighted by molar-refractivity contribution is 5.84. The van der Waals surface area contributed by atoms with Gasteiger partial charge in [0.1, 0.15) is 11.9 Å². The molecule has 0 N–H and O–H groups in total. The molecule has 3 aliphatic rings. The summed E-state index contributed by atoms with van der Waals surface area (Å²) < 4.78 is 11.9. The predicted molar refractivity (Wildman–Crippen MR) is 142 cm³/mol. The van der Waals surface area contributed by atoms with Crippen molar-refractivity contribution in [2.24, 2.45) is 11.8 Å². The van der Waals surface area contributed by atoms with Crippen LogP contribution >= 0.6 is 0 Å². The Morgan fingerprint density at radius 2 is 2.00 bits per heavy atom. The van der Waals surface area contributed by atoms with E-state index in [2.05, 4.69) is 29.5 Å². The van der Waals surface area contributed by atoms with Crippen LogP contribution in [0.25, 0.3) is 10.9 Å². The van der Waals surface area contributed by atoms with Crippen LogP contribution in [0.1, 0.15) is 82.8 Å². The lowest BCUT2D eigenvalue weighted by Gasteiger charge is -2.51. The SMILES string of the molecule is C=C[C@H]1CN2CC[C@H]1C[C@@H]2[C@@H](OC(=O)CCCCCCCCC)c1ccnc2ccc(OC)cc12. The van der Waals surface area contributed by atoms with E-state index in [9.17, 15) is 4.79 Å². The smallest absolute Gasteiger partial charge is 0.306 e. The van der Waals surface area contributed by atoms with Crippen molar-refractivity contribution in [3.8, 4) is 5.75 Å². The van der Waals surface area contributed by atoms with E-state index in [-0.39, 0.29) is 18.1 Å². The molecule has 5 heteroatoms. The molecule has 2 bridgehead atoms. The fourth-order valence-electron chi connectivity index (χ4n) is 5.99. The Kier molecular flexibility index (Phi) is 9.19. The summed E-state index contributed by atoms with van der Waals surface area (Å²) in [4.78, 5) is 20.2. The second kappa shape index (κ2) is 12.5. The maximum absolute atomic E-state index is 13.1. The first-order chi connectivity index (χ1) is 17.1. The molecule has 1 aromatic heterocycles. The molecule has 0 aliphatic carbocycles. The number of pyridine rings is 1. The number of carbonyl (C=O) groups is 1. The van der Waals surface area contributed by atoms with Crippen molar-refractivity contribution in [1.82, 2.24) is 9.88 Å². The highest BCUT2D eigenvalue weighted by atomic mass is 16.5. The maximum Gasteiger partial charge on any atom is 0.306 e. The molecule has 5 atom stereocenters. The van der Waals surface area contributed by atoms with Crippen molar-refractivity contribution in [1.29, 1.82) is 0 Å². The molecule has 3 aliphatic heterocycles. The highest BCUT2D eigenvalue weighted by Crippen LogP contribution is 2.43. The van der Waals surface area contributed by atoms with Crippen molar-refractivity contribution < 1.29 is 14.3 Å². The number of unbranched alkanes of at least 4 members (excludes halogenated alkanes) is 6. The molecule has 0 amide bonds. The Balaban J connectivity index is 1.52. The van der Waals surface area contributed by atoms with Gasteiger partial charge in [0.15, 0.2) is 0 Å². The summed E-state index contributed by atoms with van der Waals surface area (Å²) in [5.74, 6) is 1.84. The van der Waals surface area contributed by atoms with E-state index in [4.69, 9.17) is 9.47 Å². The first-order valence-electron chi connectivity index (χ1n) is 13.6. The molecule has 3 fully saturated rings. The molecule has 0 radical (unpaired) electrons. The quantitative estimate of drug-likeness (QED) is 0.179. The van der Waals surface area contributed by atoms with Gasteiger partial charge in [0.25, 0.3) is 0 Å². The average Bonchev–Trinajstić information content (AvgIpc) is 2.90. The number of carbonyl (C=O) groups excluding carboxylic acids is 1. The van der Waals surface area contributed by atoms with Crippen LogP contribution in [0, 0.1) is 11.8 Å². The van der Waals surface area contributed by atoms with Crippen molar-refractivity contribution in [3.63, 3.8) is 0 Å². The van der Waals surface area contributed by atoms with Gasteiger partial charge in [-0.15, -0.1) is 6.58 Å². The molecule has 190 valence electrons. The topological polar surface area (TPSA) is 51.7 Å². The fourth-order valence-corrected chi connectivity index (χ4v) is 5.99. The van der Waals surface area contributed by atoms with Gasteiger partial charge in [0.2, 0.25) is 0 Å². The molecule has 3 saturated heterocycles. The molecule has 2 aromatic rings. The second-order valence-electron chi connectivity index (χ2n) is 10.3. The average molecular weight is 479 g/mol. The van der Waals surface area contributed by atoms with Gasteiger partial charge in [-0.1, -0.05) is 51.5 Å². The van der Waals surface area contributed by atoms with Crippen LogP contribution in [0.3, 0.4) is 0 Å². The summed E-state index contributed by atoms with van der Waals surface area (Å²) >= 11 is 0. The number of benzene rings is 1. The Bertz CT molecular complexity index is 991. The summed E-state index contributed by atoms with van der Waals surface area (Å²) in [7, 11) is 1.68. The number of piperidine rings is 3. The summed E-state index contributed by atoms with van der Waals surface area (Å²) in [6.45, 7) is 8.36. The van der Waals surface area contributed by atoms with Crippen LogP contribution in [0.5, 0.6) is 5.75 Å². The molecule has 35 heavy (non-hydrogen) atoms. The van der Waals surface area contributed by atoms with Gasteiger partial charge < -0.3 is 9.47 Å². The third kappa shape index (κ3) is 6.24. The van der Waals surface area contributed by atoms with Crippen LogP contribution < -0.4 is 4.74 Å². The summed E-state index contributed by atoms with van der Waals surface area (Å²) in [6.07, 6.45) is 14.7. The second-order valence-corrected chi connectivity index (χ2v) is 10.3. The van der Waals surface area contributed by atoms with E-state index in [0.717, 1.165) is 54.6 Å². The molecule has 1 aromatic carbocycles. The highest BCUT2D eigenvalue weighted by Gasteiger charge is 2.44. The monoisotopic (exact) mass is 478 g/mol. The van der Waals surface area contributed by atoms with Gasteiger partial charge in [-0.2, -0.15) is 0 Å². The first-order valence-corrected chi connectivity index (χ1v) is 13.6. The lowest BCUT2D eigenvalue weighted by Crippen LogP contribution is -2.55. The number of methoxy groups -OCH3 is 1. The first kappa shape index (κ1) is 25.7. The van der Waals surface area contributed by atoms with E-state index >= 15 is 0 Å². The minimum Gasteiger partial charge on any atom is -0.497 e. The molecule has 5 rings (SSSR count). The lowest BCUT2D eigenvalue weighted by atomic mass is 9.73. The van der Waals surface area contributed by atoms with Crippen LogP contribution in [-0.4, -0.2) is 42.1 Å². The lowest BCUT2D eigenvalue weighted by molar-refractivity contribution is -0.157. The number of esters is 1. The molecular formula is C30H42N2O3. The number of nitrogens with zero attached hydrogens (tertiary/aromatic N) is 2. The molecule has 4 heterocycles. The van der Waals surface area contributed by atoms with E-state index in [0.29, 0.717) is 18.3 Å². The zero-order chi connectivity index (χ0) is 24.6. The van der Waals surface area contributed by atoms with Crippen LogP contribution in [-0.2, 0) is 9.53 Å². The van der Waals surface area contributed by atoms with E-state index in [1.807, 2.05) is 30.5 Å². The van der Waals surface area contributed by atoms with Crippen LogP contribution in [0.2, 0.25) is 0 Å². The van der Waals surface area contributed by atoms with E-state index in [1.54, 1.807) is 7.11 Å². The Morgan fingerprint density at radius 1 is 1.20 bits per heavy atom. The van der Waals surface area contributed by atoms with Crippen molar-refractivity contribution in [2.75, 3.05) is 20.2 Å². The number of ether oxygens (including phenoxy) is 2. The standard InChI is InChI=1S/C30H42N2O3/c1-4-6-7-8-9-10-11-12-29(33)35-30(28-19-23-16-18-32(28)21-22(23)5-2)25-15-17-31-27-14-13-24(34-3)20-26(25)27/h5,13-15,17,20,22-23,28,30H,2,4,6-12,16,18-19,21H2,1,3H3/t22-,23-,28+,30-/m0/s1. The predicted octanol–water partition coefficient (Wildman–Crippen LogP) is 6.86. The zero-order valence-electron chi connectivity index (χ0n) is 21.6. The zero-order valence-corrected chi connectivity index (χ0v) is 21.6. The Hall–Kier alpha value is -2.40. The summed E-state index contributed by atoms with van der Waals surface area (Å²) in [5.41, 5.74) is 1.94. The van der Waals surface area contributed by atoms with Gasteiger partial charge in [0.05, 0.1) is 18.7 Å². The van der Waals surface area contributed by atoms with Crippen LogP contribution in [0.15, 0.2) is 43.1 Å². The van der Waals surface area contributed by atoms with Crippen molar-refractivity contribution >= 4 is 16.9 Å². The Morgan fingerprint density at radius 3 is 2.71 bits per heavy atom. The number of fused-ring (bicyclic) bond motifs is 4. The fraction of sp³-hybridized carbons (Fsp3) is 0.600. The number of hydrogen-bond donors (Lipinski definition) is 0. The summed E-state index contributed by atoms with van der Waals surface area (Å²) in [6, 6.07) is 8.15. The minimum atomic E-state index is -0.307. The largest absolute Gasteiger partial charge is 0.497 e. The number of rotatable bonds is 13. The molecule has 0 spiro atoms. The van der Waals surface area contributed by atoms with E-state index in [1.165, 1.54) is 38.5 Å². The summed E-state index contributed by atoms with van der Waals surface area (Å²) in [5, 5.41) is 1.00. The minimum absolute atomic E-state index is 0.0839. The molecule has 5 nitrogen and oxygen atoms in total. The van der Waals surface area contributed by atoms with Gasteiger partial charge in [-0.3, -0.25) is 14.7 Å². The van der Waals surface area contributed by atoms with E-state index < -0.39 is 0 Å².